The van der Waals surface area contributed by atoms with E-state index in [1.807, 2.05) is 0 Å². The van der Waals surface area contributed by atoms with Crippen molar-refractivity contribution >= 4 is 23.9 Å². The molecule has 12 nitrogen and oxygen atoms in total. The summed E-state index contributed by atoms with van der Waals surface area (Å²) in [6.07, 6.45) is 2.79. The monoisotopic (exact) mass is 578 g/mol. The highest BCUT2D eigenvalue weighted by atomic mass is 16.6. The molecule has 12 heteroatoms. The van der Waals surface area contributed by atoms with Crippen LogP contribution < -0.4 is 0 Å². The van der Waals surface area contributed by atoms with E-state index in [4.69, 9.17) is 37.9 Å². The van der Waals surface area contributed by atoms with Crippen molar-refractivity contribution in [1.82, 2.24) is 0 Å². The summed E-state index contributed by atoms with van der Waals surface area (Å²) >= 11 is 0. The summed E-state index contributed by atoms with van der Waals surface area (Å²) in [6, 6.07) is 0. The molecule has 0 amide bonds. The molecule has 0 N–H and O–H groups in total. The Bertz CT molecular complexity index is 614. The Morgan fingerprint density at radius 1 is 0.475 bits per heavy atom. The van der Waals surface area contributed by atoms with E-state index in [0.717, 1.165) is 25.7 Å². The number of rotatable bonds is 27. The largest absolute Gasteiger partial charge is 0.461 e. The molecule has 0 aliphatic rings. The van der Waals surface area contributed by atoms with Crippen molar-refractivity contribution in [2.45, 2.75) is 91.3 Å². The first-order valence-electron chi connectivity index (χ1n) is 14.3. The van der Waals surface area contributed by atoms with Crippen molar-refractivity contribution in [3.05, 3.63) is 0 Å². The van der Waals surface area contributed by atoms with Gasteiger partial charge in [0.05, 0.1) is 39.6 Å². The first-order valence-corrected chi connectivity index (χ1v) is 14.3. The maximum absolute atomic E-state index is 12.0. The van der Waals surface area contributed by atoms with Gasteiger partial charge in [-0.2, -0.15) is 0 Å². The summed E-state index contributed by atoms with van der Waals surface area (Å²) in [6.45, 7) is 10.7. The van der Waals surface area contributed by atoms with Gasteiger partial charge in [-0.05, 0) is 39.5 Å². The molecule has 40 heavy (non-hydrogen) atoms. The number of hydrogen-bond acceptors (Lipinski definition) is 12. The zero-order chi connectivity index (χ0) is 29.8. The van der Waals surface area contributed by atoms with Crippen LogP contribution in [0.25, 0.3) is 0 Å². The second kappa shape index (κ2) is 26.9. The van der Waals surface area contributed by atoms with Gasteiger partial charge in [0.1, 0.15) is 13.2 Å². The molecule has 234 valence electrons. The fourth-order valence-corrected chi connectivity index (χ4v) is 2.92. The van der Waals surface area contributed by atoms with E-state index >= 15 is 0 Å². The van der Waals surface area contributed by atoms with Crippen LogP contribution >= 0.6 is 0 Å². The standard InChI is InChI=1S/C28H50O12/c1-5-7-13-33-15-17-35-19-21-37-27(31)23(3)39-25(29)11-9-10-12-26(30)40-24(4)28(32)38-22-20-36-18-16-34-14-8-6-2/h23-24H,5-22H2,1-4H3. The molecule has 0 rings (SSSR count). The van der Waals surface area contributed by atoms with Crippen LogP contribution in [0.1, 0.15) is 79.1 Å². The molecule has 0 bridgehead atoms. The molecule has 0 heterocycles. The number of hydrogen-bond donors (Lipinski definition) is 0. The fourth-order valence-electron chi connectivity index (χ4n) is 2.92. The van der Waals surface area contributed by atoms with Gasteiger partial charge in [0, 0.05) is 26.1 Å². The summed E-state index contributed by atoms with van der Waals surface area (Å²) < 4.78 is 41.5. The van der Waals surface area contributed by atoms with Gasteiger partial charge in [-0.3, -0.25) is 9.59 Å². The summed E-state index contributed by atoms with van der Waals surface area (Å²) in [5.41, 5.74) is 0. The second-order valence-corrected chi connectivity index (χ2v) is 8.96. The Labute approximate surface area is 238 Å². The van der Waals surface area contributed by atoms with Crippen molar-refractivity contribution in [2.75, 3.05) is 66.1 Å². The Hall–Kier alpha value is -2.28. The molecule has 0 fully saturated rings. The van der Waals surface area contributed by atoms with Crippen LogP contribution in [0.3, 0.4) is 0 Å². The van der Waals surface area contributed by atoms with Crippen molar-refractivity contribution in [1.29, 1.82) is 0 Å². The Balaban J connectivity index is 3.78. The average Bonchev–Trinajstić information content (AvgIpc) is 2.93. The Morgan fingerprint density at radius 2 is 0.800 bits per heavy atom. The van der Waals surface area contributed by atoms with Crippen LogP contribution in [0.2, 0.25) is 0 Å². The van der Waals surface area contributed by atoms with Gasteiger partial charge in [-0.15, -0.1) is 0 Å². The van der Waals surface area contributed by atoms with Crippen molar-refractivity contribution < 1.29 is 57.1 Å². The highest BCUT2D eigenvalue weighted by molar-refractivity contribution is 5.79. The zero-order valence-corrected chi connectivity index (χ0v) is 24.8. The van der Waals surface area contributed by atoms with E-state index in [2.05, 4.69) is 13.8 Å². The molecule has 2 unspecified atom stereocenters. The van der Waals surface area contributed by atoms with E-state index in [1.165, 1.54) is 13.8 Å². The number of carbonyl (C=O) groups is 4. The molecule has 0 saturated carbocycles. The van der Waals surface area contributed by atoms with Gasteiger partial charge in [0.25, 0.3) is 0 Å². The minimum absolute atomic E-state index is 0.0211. The molecule has 0 aromatic carbocycles. The lowest BCUT2D eigenvalue weighted by Crippen LogP contribution is -2.28. The van der Waals surface area contributed by atoms with E-state index in [1.54, 1.807) is 0 Å². The minimum atomic E-state index is -1.05. The zero-order valence-electron chi connectivity index (χ0n) is 24.8. The summed E-state index contributed by atoms with van der Waals surface area (Å²) in [5, 5.41) is 0. The highest BCUT2D eigenvalue weighted by Gasteiger charge is 2.21. The SMILES string of the molecule is CCCCOCCOCCOC(=O)C(C)OC(=O)CCCCC(=O)OC(C)C(=O)OCCOCCOCCCC. The van der Waals surface area contributed by atoms with Crippen LogP contribution in [0.5, 0.6) is 0 Å². The predicted molar refractivity (Wildman–Crippen MR) is 145 cm³/mol. The molecule has 0 aliphatic heterocycles. The van der Waals surface area contributed by atoms with Crippen LogP contribution in [0, 0.1) is 0 Å². The van der Waals surface area contributed by atoms with Gasteiger partial charge in [-0.25, -0.2) is 9.59 Å². The Kier molecular flexibility index (Phi) is 25.4. The van der Waals surface area contributed by atoms with Crippen LogP contribution in [-0.2, 0) is 57.1 Å². The molecule has 2 atom stereocenters. The molecule has 0 saturated heterocycles. The van der Waals surface area contributed by atoms with Crippen LogP contribution in [-0.4, -0.2) is 102 Å². The van der Waals surface area contributed by atoms with Gasteiger partial charge < -0.3 is 37.9 Å². The maximum atomic E-state index is 12.0. The molecule has 0 spiro atoms. The smallest absolute Gasteiger partial charge is 0.347 e. The predicted octanol–water partition coefficient (Wildman–Crippen LogP) is 3.16. The van der Waals surface area contributed by atoms with Crippen LogP contribution in [0.4, 0.5) is 0 Å². The van der Waals surface area contributed by atoms with Crippen LogP contribution in [0.15, 0.2) is 0 Å². The fraction of sp³-hybridized carbons (Fsp3) is 0.857. The molecule has 0 radical (unpaired) electrons. The molecule has 0 aromatic rings. The van der Waals surface area contributed by atoms with Crippen molar-refractivity contribution in [2.24, 2.45) is 0 Å². The lowest BCUT2D eigenvalue weighted by molar-refractivity contribution is -0.168. The minimum Gasteiger partial charge on any atom is -0.461 e. The van der Waals surface area contributed by atoms with E-state index in [0.29, 0.717) is 52.5 Å². The number of carbonyl (C=O) groups excluding carboxylic acids is 4. The quantitative estimate of drug-likeness (QED) is 0.0802. The first-order chi connectivity index (χ1) is 19.3. The third-order valence-electron chi connectivity index (χ3n) is 5.26. The Morgan fingerprint density at radius 3 is 1.15 bits per heavy atom. The van der Waals surface area contributed by atoms with Crippen molar-refractivity contribution in [3.8, 4) is 0 Å². The third kappa shape index (κ3) is 23.6. The summed E-state index contributed by atoms with van der Waals surface area (Å²) in [7, 11) is 0. The summed E-state index contributed by atoms with van der Waals surface area (Å²) in [4.78, 5) is 47.8. The summed E-state index contributed by atoms with van der Waals surface area (Å²) in [5.74, 6) is -2.48. The highest BCUT2D eigenvalue weighted by Crippen LogP contribution is 2.07. The lowest BCUT2D eigenvalue weighted by atomic mass is 10.2. The molecular weight excluding hydrogens is 528 g/mol. The second-order valence-electron chi connectivity index (χ2n) is 8.96. The first kappa shape index (κ1) is 37.7. The number of esters is 4. The maximum Gasteiger partial charge on any atom is 0.347 e. The van der Waals surface area contributed by atoms with Gasteiger partial charge >= 0.3 is 23.9 Å². The normalized spacial score (nSPS) is 12.4. The van der Waals surface area contributed by atoms with E-state index in [9.17, 15) is 19.2 Å². The van der Waals surface area contributed by atoms with Gasteiger partial charge in [-0.1, -0.05) is 26.7 Å². The van der Waals surface area contributed by atoms with Gasteiger partial charge in [0.15, 0.2) is 12.2 Å². The molecule has 0 aliphatic carbocycles. The van der Waals surface area contributed by atoms with E-state index in [-0.39, 0.29) is 39.3 Å². The van der Waals surface area contributed by atoms with Crippen molar-refractivity contribution in [3.63, 3.8) is 0 Å². The topological polar surface area (TPSA) is 142 Å². The average molecular weight is 579 g/mol. The van der Waals surface area contributed by atoms with Gasteiger partial charge in [0.2, 0.25) is 0 Å². The third-order valence-corrected chi connectivity index (χ3v) is 5.26. The molecular formula is C28H50O12. The number of ether oxygens (including phenoxy) is 8. The molecule has 0 aromatic heterocycles. The number of unbranched alkanes of at least 4 members (excludes halogenated alkanes) is 3. The van der Waals surface area contributed by atoms with E-state index < -0.39 is 36.1 Å². The lowest BCUT2D eigenvalue weighted by Gasteiger charge is -2.14.